The van der Waals surface area contributed by atoms with Crippen molar-refractivity contribution in [1.82, 2.24) is 0 Å². The van der Waals surface area contributed by atoms with Crippen LogP contribution >= 0.6 is 0 Å². The number of amides is 1. The normalized spacial score (nSPS) is 9.85. The maximum Gasteiger partial charge on any atom is 0.255 e. The molecule has 0 heterocycles. The fourth-order valence-corrected chi connectivity index (χ4v) is 2.11. The van der Waals surface area contributed by atoms with Crippen LogP contribution in [0.25, 0.3) is 0 Å². The van der Waals surface area contributed by atoms with Gasteiger partial charge in [0.1, 0.15) is 0 Å². The summed E-state index contributed by atoms with van der Waals surface area (Å²) in [7, 11) is 0. The van der Waals surface area contributed by atoms with Crippen molar-refractivity contribution in [2.45, 2.75) is 13.8 Å². The first kappa shape index (κ1) is 13.6. The minimum Gasteiger partial charge on any atom is -0.399 e. The lowest BCUT2D eigenvalue weighted by atomic mass is 10.1. The van der Waals surface area contributed by atoms with Gasteiger partial charge in [-0.3, -0.25) is 4.79 Å². The van der Waals surface area contributed by atoms with E-state index in [-0.39, 0.29) is 5.91 Å². The molecule has 2 aromatic rings. The number of anilines is 2. The Morgan fingerprint density at radius 1 is 1.20 bits per heavy atom. The predicted molar refractivity (Wildman–Crippen MR) is 79.4 cm³/mol. The van der Waals surface area contributed by atoms with Gasteiger partial charge in [-0.15, -0.1) is 0 Å². The number of rotatable bonds is 2. The Hall–Kier alpha value is -2.80. The molecule has 0 aromatic heterocycles. The summed E-state index contributed by atoms with van der Waals surface area (Å²) in [6.07, 6.45) is 0. The quantitative estimate of drug-likeness (QED) is 0.819. The summed E-state index contributed by atoms with van der Waals surface area (Å²) in [6, 6.07) is 12.2. The number of benzene rings is 2. The van der Waals surface area contributed by atoms with E-state index in [0.29, 0.717) is 16.8 Å². The van der Waals surface area contributed by atoms with E-state index in [0.717, 1.165) is 16.8 Å². The lowest BCUT2D eigenvalue weighted by molar-refractivity contribution is 0.102. The van der Waals surface area contributed by atoms with Crippen LogP contribution in [0.4, 0.5) is 11.4 Å². The van der Waals surface area contributed by atoms with Crippen LogP contribution in [0.2, 0.25) is 0 Å². The van der Waals surface area contributed by atoms with Crippen LogP contribution in [0.5, 0.6) is 0 Å². The minimum atomic E-state index is -0.238. The Balaban J connectivity index is 2.31. The van der Waals surface area contributed by atoms with E-state index in [2.05, 4.69) is 5.32 Å². The third kappa shape index (κ3) is 2.78. The summed E-state index contributed by atoms with van der Waals surface area (Å²) in [5.74, 6) is -0.238. The second kappa shape index (κ2) is 5.45. The maximum atomic E-state index is 12.2. The number of nitrogens with two attached hydrogens (primary N) is 1. The lowest BCUT2D eigenvalue weighted by Gasteiger charge is -2.12. The van der Waals surface area contributed by atoms with E-state index in [1.807, 2.05) is 32.0 Å². The van der Waals surface area contributed by atoms with Crippen LogP contribution < -0.4 is 11.1 Å². The van der Waals surface area contributed by atoms with Crippen LogP contribution in [0, 0.1) is 25.2 Å². The summed E-state index contributed by atoms with van der Waals surface area (Å²) in [5, 5.41) is 11.7. The van der Waals surface area contributed by atoms with E-state index in [1.54, 1.807) is 24.3 Å². The number of nitrogens with one attached hydrogen (secondary N) is 1. The highest BCUT2D eigenvalue weighted by atomic mass is 16.1. The summed E-state index contributed by atoms with van der Waals surface area (Å²) < 4.78 is 0. The van der Waals surface area contributed by atoms with Gasteiger partial charge in [0.25, 0.3) is 5.91 Å². The monoisotopic (exact) mass is 265 g/mol. The molecular weight excluding hydrogens is 250 g/mol. The molecule has 1 amide bonds. The molecule has 0 aliphatic rings. The molecule has 4 nitrogen and oxygen atoms in total. The molecule has 0 bridgehead atoms. The Kier molecular flexibility index (Phi) is 3.72. The Morgan fingerprint density at radius 3 is 2.45 bits per heavy atom. The molecule has 0 atom stereocenters. The fourth-order valence-electron chi connectivity index (χ4n) is 2.11. The van der Waals surface area contributed by atoms with E-state index in [9.17, 15) is 4.79 Å². The first-order valence-corrected chi connectivity index (χ1v) is 6.19. The predicted octanol–water partition coefficient (Wildman–Crippen LogP) is 3.01. The number of hydrogen-bond donors (Lipinski definition) is 2. The first-order chi connectivity index (χ1) is 9.51. The molecule has 100 valence electrons. The molecule has 0 aliphatic carbocycles. The van der Waals surface area contributed by atoms with Gasteiger partial charge in [-0.05, 0) is 55.3 Å². The molecule has 0 fully saturated rings. The lowest BCUT2D eigenvalue weighted by Crippen LogP contribution is -2.14. The Morgan fingerprint density at radius 2 is 1.85 bits per heavy atom. The van der Waals surface area contributed by atoms with E-state index in [1.165, 1.54) is 0 Å². The average molecular weight is 265 g/mol. The van der Waals surface area contributed by atoms with E-state index < -0.39 is 0 Å². The topological polar surface area (TPSA) is 78.9 Å². The van der Waals surface area contributed by atoms with Crippen LogP contribution in [-0.4, -0.2) is 5.91 Å². The van der Waals surface area contributed by atoms with Crippen LogP contribution in [-0.2, 0) is 0 Å². The van der Waals surface area contributed by atoms with Crippen molar-refractivity contribution >= 4 is 17.3 Å². The molecule has 0 unspecified atom stereocenters. The van der Waals surface area contributed by atoms with Crippen molar-refractivity contribution in [3.8, 4) is 6.07 Å². The number of carbonyl (C=O) groups is 1. The van der Waals surface area contributed by atoms with Crippen molar-refractivity contribution in [2.24, 2.45) is 0 Å². The van der Waals surface area contributed by atoms with Crippen molar-refractivity contribution in [1.29, 1.82) is 5.26 Å². The number of nitriles is 1. The fraction of sp³-hybridized carbons (Fsp3) is 0.125. The molecule has 0 saturated carbocycles. The number of aryl methyl sites for hydroxylation is 2. The largest absolute Gasteiger partial charge is 0.399 e. The highest BCUT2D eigenvalue weighted by Crippen LogP contribution is 2.24. The van der Waals surface area contributed by atoms with Gasteiger partial charge in [-0.2, -0.15) is 5.26 Å². The molecule has 0 saturated heterocycles. The summed E-state index contributed by atoms with van der Waals surface area (Å²) in [5.41, 5.74) is 9.92. The van der Waals surface area contributed by atoms with Gasteiger partial charge in [0.05, 0.1) is 11.6 Å². The average Bonchev–Trinajstić information content (AvgIpc) is 2.42. The second-order valence-electron chi connectivity index (χ2n) is 4.68. The summed E-state index contributed by atoms with van der Waals surface area (Å²) >= 11 is 0. The first-order valence-electron chi connectivity index (χ1n) is 6.19. The minimum absolute atomic E-state index is 0.238. The van der Waals surface area contributed by atoms with E-state index in [4.69, 9.17) is 11.0 Å². The third-order valence-electron chi connectivity index (χ3n) is 3.05. The Labute approximate surface area is 117 Å². The Bertz CT molecular complexity index is 691. The molecular formula is C16H15N3O. The molecule has 4 heteroatoms. The second-order valence-corrected chi connectivity index (χ2v) is 4.68. The number of hydrogen-bond acceptors (Lipinski definition) is 3. The number of nitrogen functional groups attached to an aromatic ring is 1. The van der Waals surface area contributed by atoms with Gasteiger partial charge in [0.15, 0.2) is 0 Å². The van der Waals surface area contributed by atoms with E-state index >= 15 is 0 Å². The molecule has 2 rings (SSSR count). The van der Waals surface area contributed by atoms with Gasteiger partial charge < -0.3 is 11.1 Å². The van der Waals surface area contributed by atoms with Crippen molar-refractivity contribution in [3.63, 3.8) is 0 Å². The molecule has 2 aromatic carbocycles. The summed E-state index contributed by atoms with van der Waals surface area (Å²) in [6.45, 7) is 3.79. The summed E-state index contributed by atoms with van der Waals surface area (Å²) in [4.78, 5) is 12.2. The number of carbonyl (C=O) groups excluding carboxylic acids is 1. The molecule has 0 radical (unpaired) electrons. The zero-order valence-electron chi connectivity index (χ0n) is 11.4. The van der Waals surface area contributed by atoms with Gasteiger partial charge in [0, 0.05) is 16.9 Å². The molecule has 0 aliphatic heterocycles. The highest BCUT2D eigenvalue weighted by Gasteiger charge is 2.10. The number of nitrogens with zero attached hydrogens (tertiary/aromatic N) is 1. The molecule has 3 N–H and O–H groups in total. The highest BCUT2D eigenvalue weighted by molar-refractivity contribution is 6.05. The zero-order chi connectivity index (χ0) is 14.7. The van der Waals surface area contributed by atoms with Crippen molar-refractivity contribution in [2.75, 3.05) is 11.1 Å². The van der Waals surface area contributed by atoms with Crippen LogP contribution in [0.1, 0.15) is 27.0 Å². The maximum absolute atomic E-state index is 12.2. The van der Waals surface area contributed by atoms with Crippen LogP contribution in [0.3, 0.4) is 0 Å². The van der Waals surface area contributed by atoms with Crippen LogP contribution in [0.15, 0.2) is 36.4 Å². The van der Waals surface area contributed by atoms with Gasteiger partial charge in [-0.25, -0.2) is 0 Å². The molecule has 20 heavy (non-hydrogen) atoms. The standard InChI is InChI=1S/C16H15N3O/c1-10-6-14(18)7-11(2)15(10)19-16(20)13-5-3-4-12(8-13)9-17/h3-8H,18H2,1-2H3,(H,19,20). The zero-order valence-corrected chi connectivity index (χ0v) is 11.4. The SMILES string of the molecule is Cc1cc(N)cc(C)c1NC(=O)c1cccc(C#N)c1. The van der Waals surface area contributed by atoms with Gasteiger partial charge in [0.2, 0.25) is 0 Å². The van der Waals surface area contributed by atoms with Gasteiger partial charge >= 0.3 is 0 Å². The van der Waals surface area contributed by atoms with Gasteiger partial charge in [-0.1, -0.05) is 6.07 Å². The van der Waals surface area contributed by atoms with Crippen molar-refractivity contribution < 1.29 is 4.79 Å². The smallest absolute Gasteiger partial charge is 0.255 e. The molecule has 0 spiro atoms. The van der Waals surface area contributed by atoms with Crippen molar-refractivity contribution in [3.05, 3.63) is 58.7 Å². The third-order valence-corrected chi connectivity index (χ3v) is 3.05.